The average molecular weight is 374 g/mol. The second-order valence-corrected chi connectivity index (χ2v) is 7.63. The number of rotatable bonds is 4. The molecule has 0 atom stereocenters. The molecule has 1 heterocycles. The minimum absolute atomic E-state index is 0.112. The third-order valence-corrected chi connectivity index (χ3v) is 4.43. The summed E-state index contributed by atoms with van der Waals surface area (Å²) < 4.78 is 7.26. The minimum atomic E-state index is 0.112. The van der Waals surface area contributed by atoms with E-state index in [9.17, 15) is 0 Å². The van der Waals surface area contributed by atoms with Crippen LogP contribution in [0.3, 0.4) is 0 Å². The largest absolute Gasteiger partial charge is 0.409 e. The van der Waals surface area contributed by atoms with Crippen LogP contribution in [0.15, 0.2) is 52.9 Å². The fourth-order valence-electron chi connectivity index (χ4n) is 2.37. The van der Waals surface area contributed by atoms with Gasteiger partial charge in [0.25, 0.3) is 4.84 Å². The molecule has 130 valence electrons. The molecule has 0 spiro atoms. The summed E-state index contributed by atoms with van der Waals surface area (Å²) in [4.78, 5) is 0.330. The highest BCUT2D eigenvalue weighted by molar-refractivity contribution is 7.71. The van der Waals surface area contributed by atoms with Crippen molar-refractivity contribution in [1.82, 2.24) is 9.78 Å². The lowest BCUT2D eigenvalue weighted by Crippen LogP contribution is -2.10. The van der Waals surface area contributed by atoms with Crippen LogP contribution in [0.1, 0.15) is 26.3 Å². The third-order valence-electron chi connectivity index (χ3n) is 3.88. The second-order valence-electron chi connectivity index (χ2n) is 6.84. The highest BCUT2D eigenvalue weighted by Crippen LogP contribution is 2.25. The topological polar surface area (TPSA) is 43.0 Å². The quantitative estimate of drug-likeness (QED) is 0.579. The first-order valence-electron chi connectivity index (χ1n) is 8.01. The highest BCUT2D eigenvalue weighted by Gasteiger charge is 2.14. The summed E-state index contributed by atoms with van der Waals surface area (Å²) in [6.45, 7) is 6.98. The van der Waals surface area contributed by atoms with E-state index in [1.807, 2.05) is 36.4 Å². The van der Waals surface area contributed by atoms with Gasteiger partial charge < -0.3 is 9.73 Å². The van der Waals surface area contributed by atoms with E-state index in [2.05, 4.69) is 43.3 Å². The molecule has 0 radical (unpaired) electrons. The monoisotopic (exact) mass is 373 g/mol. The van der Waals surface area contributed by atoms with Crippen LogP contribution in [-0.2, 0) is 12.1 Å². The van der Waals surface area contributed by atoms with Gasteiger partial charge in [0.15, 0.2) is 0 Å². The summed E-state index contributed by atoms with van der Waals surface area (Å²) in [7, 11) is 0. The third kappa shape index (κ3) is 4.30. The first-order chi connectivity index (χ1) is 11.8. The van der Waals surface area contributed by atoms with Gasteiger partial charge in [0.05, 0.1) is 0 Å². The smallest absolute Gasteiger partial charge is 0.289 e. The van der Waals surface area contributed by atoms with Gasteiger partial charge in [0.2, 0.25) is 5.89 Å². The lowest BCUT2D eigenvalue weighted by Gasteiger charge is -2.18. The van der Waals surface area contributed by atoms with E-state index in [1.165, 1.54) is 5.56 Å². The van der Waals surface area contributed by atoms with E-state index in [-0.39, 0.29) is 5.41 Å². The standard InChI is InChI=1S/C19H20ClN3OS/c1-19(2,3)14-6-4-13(5-7-14)17-22-23(18(25)24-17)12-21-16-10-8-15(20)9-11-16/h4-11,21H,12H2,1-3H3. The van der Waals surface area contributed by atoms with Crippen LogP contribution in [0.4, 0.5) is 5.69 Å². The molecule has 0 amide bonds. The predicted molar refractivity (Wildman–Crippen MR) is 105 cm³/mol. The van der Waals surface area contributed by atoms with Crippen LogP contribution >= 0.6 is 23.8 Å². The molecule has 1 aromatic heterocycles. The maximum Gasteiger partial charge on any atom is 0.289 e. The fourth-order valence-corrected chi connectivity index (χ4v) is 2.68. The Hall–Kier alpha value is -2.11. The molecule has 0 aliphatic heterocycles. The van der Waals surface area contributed by atoms with E-state index in [4.69, 9.17) is 28.2 Å². The van der Waals surface area contributed by atoms with Gasteiger partial charge in [-0.05, 0) is 59.6 Å². The summed E-state index contributed by atoms with van der Waals surface area (Å²) >= 11 is 11.2. The van der Waals surface area contributed by atoms with Crippen molar-refractivity contribution < 1.29 is 4.42 Å². The zero-order valence-corrected chi connectivity index (χ0v) is 16.0. The Labute approximate surface area is 157 Å². The average Bonchev–Trinajstić information content (AvgIpc) is 2.95. The molecule has 1 N–H and O–H groups in total. The molecule has 6 heteroatoms. The van der Waals surface area contributed by atoms with Crippen LogP contribution in [0.5, 0.6) is 0 Å². The van der Waals surface area contributed by atoms with Gasteiger partial charge in [-0.3, -0.25) is 0 Å². The van der Waals surface area contributed by atoms with Crippen molar-refractivity contribution in [3.05, 3.63) is 64.0 Å². The Morgan fingerprint density at radius 1 is 1.08 bits per heavy atom. The number of halogens is 1. The van der Waals surface area contributed by atoms with Gasteiger partial charge in [-0.25, -0.2) is 4.68 Å². The van der Waals surface area contributed by atoms with E-state index < -0.39 is 0 Å². The van der Waals surface area contributed by atoms with Gasteiger partial charge in [0, 0.05) is 16.3 Å². The molecule has 0 saturated carbocycles. The zero-order valence-electron chi connectivity index (χ0n) is 14.4. The Morgan fingerprint density at radius 3 is 2.32 bits per heavy atom. The zero-order chi connectivity index (χ0) is 18.0. The number of anilines is 1. The summed E-state index contributed by atoms with van der Waals surface area (Å²) in [6.07, 6.45) is 0. The number of nitrogens with one attached hydrogen (secondary N) is 1. The van der Waals surface area contributed by atoms with Gasteiger partial charge in [-0.1, -0.05) is 44.5 Å². The molecule has 3 rings (SSSR count). The van der Waals surface area contributed by atoms with Gasteiger partial charge >= 0.3 is 0 Å². The van der Waals surface area contributed by atoms with Crippen molar-refractivity contribution >= 4 is 29.5 Å². The maximum absolute atomic E-state index is 5.89. The van der Waals surface area contributed by atoms with Crippen molar-refractivity contribution in [2.24, 2.45) is 0 Å². The summed E-state index contributed by atoms with van der Waals surface area (Å²) in [5.74, 6) is 0.517. The normalized spacial score (nSPS) is 11.5. The Morgan fingerprint density at radius 2 is 1.72 bits per heavy atom. The predicted octanol–water partition coefficient (Wildman–Crippen LogP) is 5.89. The van der Waals surface area contributed by atoms with E-state index in [1.54, 1.807) is 4.68 Å². The van der Waals surface area contributed by atoms with E-state index in [0.717, 1.165) is 11.3 Å². The number of benzene rings is 2. The minimum Gasteiger partial charge on any atom is -0.409 e. The molecule has 0 saturated heterocycles. The molecule has 0 fully saturated rings. The van der Waals surface area contributed by atoms with Crippen molar-refractivity contribution in [2.45, 2.75) is 32.9 Å². The van der Waals surface area contributed by atoms with Crippen LogP contribution < -0.4 is 5.32 Å². The van der Waals surface area contributed by atoms with Crippen molar-refractivity contribution in [2.75, 3.05) is 5.32 Å². The van der Waals surface area contributed by atoms with Crippen molar-refractivity contribution in [3.63, 3.8) is 0 Å². The molecular formula is C19H20ClN3OS. The Balaban J connectivity index is 1.75. The summed E-state index contributed by atoms with van der Waals surface area (Å²) in [6, 6.07) is 15.7. The summed E-state index contributed by atoms with van der Waals surface area (Å²) in [5.41, 5.74) is 3.22. The lowest BCUT2D eigenvalue weighted by molar-refractivity contribution is 0.522. The number of hydrogen-bond acceptors (Lipinski definition) is 4. The van der Waals surface area contributed by atoms with Crippen LogP contribution in [0.2, 0.25) is 5.02 Å². The fraction of sp³-hybridized carbons (Fsp3) is 0.263. The van der Waals surface area contributed by atoms with Crippen LogP contribution in [0.25, 0.3) is 11.5 Å². The van der Waals surface area contributed by atoms with E-state index >= 15 is 0 Å². The molecule has 0 bridgehead atoms. The first kappa shape index (κ1) is 17.7. The SMILES string of the molecule is CC(C)(C)c1ccc(-c2nn(CNc3ccc(Cl)cc3)c(=S)o2)cc1. The second kappa shape index (κ2) is 7.02. The molecule has 2 aromatic carbocycles. The molecule has 0 unspecified atom stereocenters. The lowest BCUT2D eigenvalue weighted by atomic mass is 9.87. The summed E-state index contributed by atoms with van der Waals surface area (Å²) in [5, 5.41) is 8.40. The first-order valence-corrected chi connectivity index (χ1v) is 8.80. The highest BCUT2D eigenvalue weighted by atomic mass is 35.5. The molecule has 4 nitrogen and oxygen atoms in total. The Bertz CT molecular complexity index is 906. The van der Waals surface area contributed by atoms with Crippen LogP contribution in [0, 0.1) is 4.84 Å². The van der Waals surface area contributed by atoms with Gasteiger partial charge in [-0.15, -0.1) is 5.10 Å². The number of nitrogens with zero attached hydrogens (tertiary/aromatic N) is 2. The molecular weight excluding hydrogens is 354 g/mol. The molecule has 3 aromatic rings. The van der Waals surface area contributed by atoms with Gasteiger partial charge in [0.1, 0.15) is 6.67 Å². The molecule has 25 heavy (non-hydrogen) atoms. The van der Waals surface area contributed by atoms with Crippen molar-refractivity contribution in [1.29, 1.82) is 0 Å². The molecule has 0 aliphatic carbocycles. The molecule has 0 aliphatic rings. The van der Waals surface area contributed by atoms with Crippen LogP contribution in [-0.4, -0.2) is 9.78 Å². The number of aromatic nitrogens is 2. The number of hydrogen-bond donors (Lipinski definition) is 1. The van der Waals surface area contributed by atoms with E-state index in [0.29, 0.717) is 22.4 Å². The maximum atomic E-state index is 5.89. The van der Waals surface area contributed by atoms with Crippen molar-refractivity contribution in [3.8, 4) is 11.5 Å². The van der Waals surface area contributed by atoms with Gasteiger partial charge in [-0.2, -0.15) is 0 Å². The Kier molecular flexibility index (Phi) is 4.97.